The summed E-state index contributed by atoms with van der Waals surface area (Å²) >= 11 is 6.20. The van der Waals surface area contributed by atoms with Gasteiger partial charge in [0.05, 0.1) is 37.5 Å². The molecule has 2 aromatic rings. The van der Waals surface area contributed by atoms with Crippen LogP contribution in [0.5, 0.6) is 5.75 Å². The SMILES string of the molecule is CCOC(COCCNC(=O)c1ncoc1-c1ccc(OC)c(Cl)c1)SF. The van der Waals surface area contributed by atoms with Gasteiger partial charge in [0.15, 0.2) is 23.3 Å². The van der Waals surface area contributed by atoms with E-state index in [-0.39, 0.29) is 37.6 Å². The van der Waals surface area contributed by atoms with E-state index < -0.39 is 11.3 Å². The van der Waals surface area contributed by atoms with Crippen LogP contribution in [0.3, 0.4) is 0 Å². The number of nitrogens with zero attached hydrogens (tertiary/aromatic N) is 1. The number of nitrogens with one attached hydrogen (secondary N) is 1. The van der Waals surface area contributed by atoms with Gasteiger partial charge in [-0.2, -0.15) is 3.89 Å². The zero-order valence-electron chi connectivity index (χ0n) is 14.9. The number of halogens is 2. The fourth-order valence-electron chi connectivity index (χ4n) is 2.21. The lowest BCUT2D eigenvalue weighted by molar-refractivity contribution is 0.0339. The molecule has 0 aliphatic heterocycles. The minimum absolute atomic E-state index is 0.0835. The molecule has 2 rings (SSSR count). The Morgan fingerprint density at radius 1 is 1.48 bits per heavy atom. The standard InChI is InChI=1S/C17H20ClFN2O5S/c1-3-25-14(27-19)9-24-7-6-20-17(22)15-16(26-10-21-15)11-4-5-13(23-2)12(18)8-11/h4-5,8,10,14H,3,6-7,9H2,1-2H3,(H,20,22). The van der Waals surface area contributed by atoms with Crippen LogP contribution in [0.1, 0.15) is 17.4 Å². The van der Waals surface area contributed by atoms with Gasteiger partial charge < -0.3 is 23.9 Å². The molecule has 0 bridgehead atoms. The summed E-state index contributed by atoms with van der Waals surface area (Å²) in [6.45, 7) is 2.69. The summed E-state index contributed by atoms with van der Waals surface area (Å²) in [6.07, 6.45) is 1.18. The Balaban J connectivity index is 1.89. The van der Waals surface area contributed by atoms with Gasteiger partial charge in [0.2, 0.25) is 0 Å². The number of ether oxygens (including phenoxy) is 3. The highest BCUT2D eigenvalue weighted by atomic mass is 35.5. The van der Waals surface area contributed by atoms with Gasteiger partial charge in [0.1, 0.15) is 5.75 Å². The van der Waals surface area contributed by atoms with Crippen molar-refractivity contribution in [1.29, 1.82) is 0 Å². The summed E-state index contributed by atoms with van der Waals surface area (Å²) in [5.74, 6) is 0.388. The molecule has 1 N–H and O–H groups in total. The molecule has 1 aromatic heterocycles. The summed E-state index contributed by atoms with van der Waals surface area (Å²) in [5, 5.41) is 3.06. The van der Waals surface area contributed by atoms with E-state index in [1.165, 1.54) is 13.5 Å². The molecule has 7 nitrogen and oxygen atoms in total. The molecular formula is C17H20ClFN2O5S. The highest BCUT2D eigenvalue weighted by Crippen LogP contribution is 2.31. The molecule has 0 saturated heterocycles. The van der Waals surface area contributed by atoms with Crippen molar-refractivity contribution in [3.63, 3.8) is 0 Å². The number of rotatable bonds is 11. The summed E-state index contributed by atoms with van der Waals surface area (Å²) in [5.41, 5.74) is 0.0506. The summed E-state index contributed by atoms with van der Waals surface area (Å²) in [4.78, 5) is 16.3. The molecule has 1 amide bonds. The Bertz CT molecular complexity index is 746. The lowest BCUT2D eigenvalue weighted by Crippen LogP contribution is -2.29. The van der Waals surface area contributed by atoms with Gasteiger partial charge in [-0.3, -0.25) is 4.79 Å². The van der Waals surface area contributed by atoms with Crippen LogP contribution in [0, 0.1) is 0 Å². The number of hydrogen-bond donors (Lipinski definition) is 1. The molecular weight excluding hydrogens is 399 g/mol. The number of hydrogen-bond acceptors (Lipinski definition) is 7. The first kappa shape index (κ1) is 21.5. The smallest absolute Gasteiger partial charge is 0.274 e. The normalized spacial score (nSPS) is 12.0. The van der Waals surface area contributed by atoms with Crippen LogP contribution in [0.4, 0.5) is 3.89 Å². The van der Waals surface area contributed by atoms with Crippen LogP contribution in [-0.4, -0.2) is 49.8 Å². The molecule has 0 aliphatic carbocycles. The summed E-state index contributed by atoms with van der Waals surface area (Å²) < 4.78 is 33.4. The highest BCUT2D eigenvalue weighted by molar-refractivity contribution is 7.94. The second kappa shape index (κ2) is 11.1. The second-order valence-electron chi connectivity index (χ2n) is 5.18. The Labute approximate surface area is 165 Å². The van der Waals surface area contributed by atoms with Crippen LogP contribution < -0.4 is 10.1 Å². The number of benzene rings is 1. The average molecular weight is 419 g/mol. The van der Waals surface area contributed by atoms with E-state index in [0.29, 0.717) is 28.7 Å². The first-order valence-corrected chi connectivity index (χ1v) is 9.28. The summed E-state index contributed by atoms with van der Waals surface area (Å²) in [7, 11) is 1.51. The Morgan fingerprint density at radius 2 is 2.30 bits per heavy atom. The van der Waals surface area contributed by atoms with Gasteiger partial charge in [-0.05, 0) is 25.1 Å². The third-order valence-electron chi connectivity index (χ3n) is 3.43. The number of amides is 1. The first-order chi connectivity index (χ1) is 13.1. The van der Waals surface area contributed by atoms with Crippen molar-refractivity contribution < 1.29 is 27.3 Å². The van der Waals surface area contributed by atoms with Crippen LogP contribution in [0.15, 0.2) is 29.0 Å². The average Bonchev–Trinajstić information content (AvgIpc) is 3.16. The zero-order valence-corrected chi connectivity index (χ0v) is 16.4. The molecule has 0 fully saturated rings. The van der Waals surface area contributed by atoms with E-state index in [9.17, 15) is 8.68 Å². The van der Waals surface area contributed by atoms with Gasteiger partial charge in [0.25, 0.3) is 5.91 Å². The molecule has 1 aromatic carbocycles. The third kappa shape index (κ3) is 6.10. The lowest BCUT2D eigenvalue weighted by atomic mass is 10.1. The van der Waals surface area contributed by atoms with E-state index in [1.807, 2.05) is 0 Å². The van der Waals surface area contributed by atoms with Crippen molar-refractivity contribution in [3.8, 4) is 17.1 Å². The van der Waals surface area contributed by atoms with Crippen molar-refractivity contribution >= 4 is 29.7 Å². The van der Waals surface area contributed by atoms with Crippen molar-refractivity contribution in [2.45, 2.75) is 12.4 Å². The number of oxazole rings is 1. The van der Waals surface area contributed by atoms with Crippen LogP contribution in [-0.2, 0) is 9.47 Å². The van der Waals surface area contributed by atoms with E-state index in [4.69, 9.17) is 30.2 Å². The monoisotopic (exact) mass is 418 g/mol. The zero-order chi connectivity index (χ0) is 19.6. The number of carbonyl (C=O) groups excluding carboxylic acids is 1. The quantitative estimate of drug-likeness (QED) is 0.439. The Morgan fingerprint density at radius 3 is 2.96 bits per heavy atom. The van der Waals surface area contributed by atoms with Gasteiger partial charge >= 0.3 is 0 Å². The highest BCUT2D eigenvalue weighted by Gasteiger charge is 2.19. The predicted octanol–water partition coefficient (Wildman–Crippen LogP) is 3.73. The molecule has 1 atom stereocenters. The van der Waals surface area contributed by atoms with Gasteiger partial charge in [-0.1, -0.05) is 11.6 Å². The van der Waals surface area contributed by atoms with Crippen LogP contribution in [0.2, 0.25) is 5.02 Å². The van der Waals surface area contributed by atoms with Crippen molar-refractivity contribution in [2.75, 3.05) is 33.5 Å². The first-order valence-electron chi connectivity index (χ1n) is 8.13. The fraction of sp³-hybridized carbons (Fsp3) is 0.412. The second-order valence-corrected chi connectivity index (χ2v) is 6.30. The van der Waals surface area contributed by atoms with Crippen LogP contribution in [0.25, 0.3) is 11.3 Å². The van der Waals surface area contributed by atoms with Crippen molar-refractivity contribution in [1.82, 2.24) is 10.3 Å². The van der Waals surface area contributed by atoms with Gasteiger partial charge in [0, 0.05) is 18.7 Å². The maximum absolute atomic E-state index is 12.6. The minimum atomic E-state index is -0.673. The molecule has 0 aliphatic rings. The minimum Gasteiger partial charge on any atom is -0.495 e. The Hall–Kier alpha value is -1.81. The predicted molar refractivity (Wildman–Crippen MR) is 101 cm³/mol. The van der Waals surface area contributed by atoms with E-state index in [1.54, 1.807) is 25.1 Å². The van der Waals surface area contributed by atoms with Gasteiger partial charge in [-0.15, -0.1) is 0 Å². The number of carbonyl (C=O) groups is 1. The van der Waals surface area contributed by atoms with E-state index in [0.717, 1.165) is 0 Å². The molecule has 27 heavy (non-hydrogen) atoms. The molecule has 10 heteroatoms. The fourth-order valence-corrected chi connectivity index (χ4v) is 2.80. The molecule has 0 spiro atoms. The molecule has 1 unspecified atom stereocenters. The third-order valence-corrected chi connectivity index (χ3v) is 4.20. The lowest BCUT2D eigenvalue weighted by Gasteiger charge is -2.12. The summed E-state index contributed by atoms with van der Waals surface area (Å²) in [6, 6.07) is 5.02. The maximum atomic E-state index is 12.6. The van der Waals surface area contributed by atoms with Crippen molar-refractivity contribution in [2.24, 2.45) is 0 Å². The molecule has 1 heterocycles. The maximum Gasteiger partial charge on any atom is 0.274 e. The van der Waals surface area contributed by atoms with E-state index >= 15 is 0 Å². The molecule has 0 radical (unpaired) electrons. The van der Waals surface area contributed by atoms with Crippen LogP contribution >= 0.6 is 23.7 Å². The number of aromatic nitrogens is 1. The van der Waals surface area contributed by atoms with Gasteiger partial charge in [-0.25, -0.2) is 4.98 Å². The van der Waals surface area contributed by atoms with E-state index in [2.05, 4.69) is 10.3 Å². The molecule has 0 saturated carbocycles. The largest absolute Gasteiger partial charge is 0.495 e. The van der Waals surface area contributed by atoms with Crippen molar-refractivity contribution in [3.05, 3.63) is 35.3 Å². The Kier molecular flexibility index (Phi) is 8.86. The topological polar surface area (TPSA) is 82.8 Å². The molecule has 148 valence electrons. The number of methoxy groups -OCH3 is 1.